The van der Waals surface area contributed by atoms with Crippen LogP contribution in [0.1, 0.15) is 22.5 Å². The van der Waals surface area contributed by atoms with Crippen molar-refractivity contribution in [2.24, 2.45) is 5.92 Å². The maximum atomic E-state index is 11.4. The summed E-state index contributed by atoms with van der Waals surface area (Å²) in [6.45, 7) is 2.20. The SMILES string of the molecule is COC(=O)c1ccc(CN2CCC(C(=O)OC)C2)nc1. The van der Waals surface area contributed by atoms with E-state index in [9.17, 15) is 9.59 Å². The molecule has 108 valence electrons. The second-order valence-corrected chi connectivity index (χ2v) is 4.77. The number of esters is 2. The summed E-state index contributed by atoms with van der Waals surface area (Å²) in [7, 11) is 2.76. The summed E-state index contributed by atoms with van der Waals surface area (Å²) in [6, 6.07) is 3.50. The summed E-state index contributed by atoms with van der Waals surface area (Å²) < 4.78 is 9.38. The number of aromatic nitrogens is 1. The smallest absolute Gasteiger partial charge is 0.339 e. The molecule has 0 aromatic carbocycles. The third-order valence-corrected chi connectivity index (χ3v) is 3.44. The molecule has 1 atom stereocenters. The van der Waals surface area contributed by atoms with Gasteiger partial charge in [-0.05, 0) is 25.1 Å². The molecule has 1 aromatic rings. The molecule has 0 saturated carbocycles. The first-order valence-electron chi connectivity index (χ1n) is 6.47. The minimum atomic E-state index is -0.393. The van der Waals surface area contributed by atoms with Gasteiger partial charge in [-0.2, -0.15) is 0 Å². The van der Waals surface area contributed by atoms with E-state index < -0.39 is 5.97 Å². The standard InChI is InChI=1S/C14H18N2O4/c1-19-13(17)10-3-4-12(15-7-10)9-16-6-5-11(8-16)14(18)20-2/h3-4,7,11H,5-6,8-9H2,1-2H3. The average molecular weight is 278 g/mol. The van der Waals surface area contributed by atoms with Crippen molar-refractivity contribution in [3.05, 3.63) is 29.6 Å². The van der Waals surface area contributed by atoms with Crippen LogP contribution in [0.4, 0.5) is 0 Å². The number of likely N-dealkylation sites (tertiary alicyclic amines) is 1. The molecule has 1 saturated heterocycles. The molecule has 0 amide bonds. The van der Waals surface area contributed by atoms with Gasteiger partial charge in [0.15, 0.2) is 0 Å². The molecule has 2 rings (SSSR count). The van der Waals surface area contributed by atoms with Crippen LogP contribution in [0.5, 0.6) is 0 Å². The summed E-state index contributed by atoms with van der Waals surface area (Å²) in [4.78, 5) is 29.1. The Morgan fingerprint density at radius 1 is 1.35 bits per heavy atom. The first-order chi connectivity index (χ1) is 9.63. The third-order valence-electron chi connectivity index (χ3n) is 3.44. The van der Waals surface area contributed by atoms with Crippen LogP contribution in [-0.4, -0.2) is 49.1 Å². The van der Waals surface area contributed by atoms with Crippen LogP contribution in [0.15, 0.2) is 18.3 Å². The highest BCUT2D eigenvalue weighted by Gasteiger charge is 2.28. The molecule has 0 N–H and O–H groups in total. The molecular weight excluding hydrogens is 260 g/mol. The van der Waals surface area contributed by atoms with Crippen molar-refractivity contribution in [2.75, 3.05) is 27.3 Å². The van der Waals surface area contributed by atoms with Gasteiger partial charge in [0.05, 0.1) is 31.4 Å². The van der Waals surface area contributed by atoms with E-state index in [1.54, 1.807) is 12.1 Å². The Kier molecular flexibility index (Phi) is 4.68. The van der Waals surface area contributed by atoms with Crippen molar-refractivity contribution in [1.82, 2.24) is 9.88 Å². The van der Waals surface area contributed by atoms with Gasteiger partial charge in [-0.3, -0.25) is 14.7 Å². The maximum Gasteiger partial charge on any atom is 0.339 e. The Bertz CT molecular complexity index is 486. The van der Waals surface area contributed by atoms with Crippen LogP contribution in [0, 0.1) is 5.92 Å². The molecule has 20 heavy (non-hydrogen) atoms. The van der Waals surface area contributed by atoms with Crippen LogP contribution < -0.4 is 0 Å². The monoisotopic (exact) mass is 278 g/mol. The topological polar surface area (TPSA) is 68.7 Å². The maximum absolute atomic E-state index is 11.4. The lowest BCUT2D eigenvalue weighted by atomic mass is 10.1. The number of rotatable bonds is 4. The van der Waals surface area contributed by atoms with Crippen LogP contribution in [-0.2, 0) is 20.8 Å². The van der Waals surface area contributed by atoms with E-state index in [0.29, 0.717) is 18.7 Å². The minimum Gasteiger partial charge on any atom is -0.469 e. The molecule has 6 nitrogen and oxygen atoms in total. The number of methoxy groups -OCH3 is 2. The van der Waals surface area contributed by atoms with Gasteiger partial charge in [0.2, 0.25) is 0 Å². The van der Waals surface area contributed by atoms with Gasteiger partial charge < -0.3 is 9.47 Å². The molecule has 0 radical (unpaired) electrons. The van der Waals surface area contributed by atoms with Crippen molar-refractivity contribution in [1.29, 1.82) is 0 Å². The van der Waals surface area contributed by atoms with Crippen molar-refractivity contribution in [3.8, 4) is 0 Å². The van der Waals surface area contributed by atoms with Gasteiger partial charge in [0, 0.05) is 19.3 Å². The summed E-state index contributed by atoms with van der Waals surface area (Å²) in [5.41, 5.74) is 1.30. The third kappa shape index (κ3) is 3.33. The molecule has 1 aromatic heterocycles. The number of hydrogen-bond acceptors (Lipinski definition) is 6. The molecule has 1 aliphatic heterocycles. The van der Waals surface area contributed by atoms with Crippen LogP contribution in [0.2, 0.25) is 0 Å². The Morgan fingerprint density at radius 2 is 2.15 bits per heavy atom. The number of hydrogen-bond donors (Lipinski definition) is 0. The van der Waals surface area contributed by atoms with Crippen molar-refractivity contribution in [2.45, 2.75) is 13.0 Å². The first-order valence-corrected chi connectivity index (χ1v) is 6.47. The average Bonchev–Trinajstić information content (AvgIpc) is 2.95. The molecule has 2 heterocycles. The van der Waals surface area contributed by atoms with Gasteiger partial charge in [-0.15, -0.1) is 0 Å². The predicted molar refractivity (Wildman–Crippen MR) is 71.0 cm³/mol. The fraction of sp³-hybridized carbons (Fsp3) is 0.500. The van der Waals surface area contributed by atoms with E-state index in [4.69, 9.17) is 4.74 Å². The fourth-order valence-corrected chi connectivity index (χ4v) is 2.32. The number of ether oxygens (including phenoxy) is 2. The second-order valence-electron chi connectivity index (χ2n) is 4.77. The molecule has 1 unspecified atom stereocenters. The predicted octanol–water partition coefficient (Wildman–Crippen LogP) is 0.863. The lowest BCUT2D eigenvalue weighted by Gasteiger charge is -2.14. The van der Waals surface area contributed by atoms with E-state index >= 15 is 0 Å². The van der Waals surface area contributed by atoms with Crippen molar-refractivity contribution >= 4 is 11.9 Å². The summed E-state index contributed by atoms with van der Waals surface area (Å²) in [5, 5.41) is 0. The van der Waals surface area contributed by atoms with Gasteiger partial charge in [-0.1, -0.05) is 0 Å². The second kappa shape index (κ2) is 6.47. The van der Waals surface area contributed by atoms with Crippen molar-refractivity contribution in [3.63, 3.8) is 0 Å². The highest BCUT2D eigenvalue weighted by molar-refractivity contribution is 5.88. The zero-order chi connectivity index (χ0) is 14.5. The summed E-state index contributed by atoms with van der Waals surface area (Å²) in [5.74, 6) is -0.591. The molecule has 1 fully saturated rings. The van der Waals surface area contributed by atoms with Crippen molar-refractivity contribution < 1.29 is 19.1 Å². The normalized spacial score (nSPS) is 18.8. The van der Waals surface area contributed by atoms with Gasteiger partial charge in [0.25, 0.3) is 0 Å². The van der Waals surface area contributed by atoms with Crippen LogP contribution >= 0.6 is 0 Å². The molecular formula is C14H18N2O4. The zero-order valence-electron chi connectivity index (χ0n) is 11.7. The Hall–Kier alpha value is -1.95. The quantitative estimate of drug-likeness (QED) is 0.761. The largest absolute Gasteiger partial charge is 0.469 e. The summed E-state index contributed by atoms with van der Waals surface area (Å²) in [6.07, 6.45) is 2.32. The molecule has 0 spiro atoms. The molecule has 1 aliphatic rings. The molecule has 0 bridgehead atoms. The van der Waals surface area contributed by atoms with E-state index in [2.05, 4.69) is 14.6 Å². The molecule has 6 heteroatoms. The number of carbonyl (C=O) groups excluding carboxylic acids is 2. The zero-order valence-corrected chi connectivity index (χ0v) is 11.7. The summed E-state index contributed by atoms with van der Waals surface area (Å²) >= 11 is 0. The van der Waals surface area contributed by atoms with Crippen LogP contribution in [0.3, 0.4) is 0 Å². The highest BCUT2D eigenvalue weighted by Crippen LogP contribution is 2.19. The first kappa shape index (κ1) is 14.5. The van der Waals surface area contributed by atoms with Gasteiger partial charge in [0.1, 0.15) is 0 Å². The minimum absolute atomic E-state index is 0.0469. The Morgan fingerprint density at radius 3 is 2.75 bits per heavy atom. The van der Waals surface area contributed by atoms with Crippen LogP contribution in [0.25, 0.3) is 0 Å². The lowest BCUT2D eigenvalue weighted by molar-refractivity contribution is -0.144. The van der Waals surface area contributed by atoms with E-state index in [1.165, 1.54) is 20.4 Å². The Labute approximate surface area is 117 Å². The van der Waals surface area contributed by atoms with Gasteiger partial charge in [-0.25, -0.2) is 4.79 Å². The van der Waals surface area contributed by atoms with E-state index in [1.807, 2.05) is 0 Å². The fourth-order valence-electron chi connectivity index (χ4n) is 2.32. The molecule has 0 aliphatic carbocycles. The Balaban J connectivity index is 1.91. The number of carbonyl (C=O) groups is 2. The van der Waals surface area contributed by atoms with E-state index in [0.717, 1.165) is 18.7 Å². The number of pyridine rings is 1. The number of nitrogens with zero attached hydrogens (tertiary/aromatic N) is 2. The highest BCUT2D eigenvalue weighted by atomic mass is 16.5. The lowest BCUT2D eigenvalue weighted by Crippen LogP contribution is -2.24. The van der Waals surface area contributed by atoms with E-state index in [-0.39, 0.29) is 11.9 Å². The van der Waals surface area contributed by atoms with Gasteiger partial charge >= 0.3 is 11.9 Å².